The number of hydrogen-bond donors (Lipinski definition) is 9. The number of nitrogens with zero attached hydrogens (tertiary/aromatic N) is 1. The molecule has 12 N–H and O–H groups in total. The summed E-state index contributed by atoms with van der Waals surface area (Å²) in [5.74, 6) is -2.96. The van der Waals surface area contributed by atoms with Gasteiger partial charge in [0.05, 0.1) is 6.61 Å². The number of rotatable bonds is 17. The summed E-state index contributed by atoms with van der Waals surface area (Å²) >= 11 is 1.44. The standard InChI is InChI=1S/C25H38N8O6S/c1-40-10-8-19(24(38)39)32-23(37)20(11-14-12-30-17-6-3-2-5-15(14)17)33-22(36)18(7-4-9-29-25(27)28)31-21(35)16(26)13-34/h2-3,5-6,12,16,18-20,30,34H,4,7-11,13,26H2,1H3,(H,31,35)(H,32,37)(H,33,36)(H,38,39)(H4,27,28,29). The maximum Gasteiger partial charge on any atom is 0.326 e. The number of aliphatic imine (C=N–C) groups is 1. The maximum absolute atomic E-state index is 13.4. The van der Waals surface area contributed by atoms with Crippen LogP contribution in [0.15, 0.2) is 35.5 Å². The highest BCUT2D eigenvalue weighted by atomic mass is 32.2. The first-order chi connectivity index (χ1) is 19.1. The number of aliphatic carboxylic acids is 1. The number of carbonyl (C=O) groups is 4. The number of benzene rings is 1. The Morgan fingerprint density at radius 3 is 2.30 bits per heavy atom. The molecule has 0 radical (unpaired) electrons. The zero-order valence-corrected chi connectivity index (χ0v) is 23.1. The van der Waals surface area contributed by atoms with E-state index in [9.17, 15) is 29.4 Å². The van der Waals surface area contributed by atoms with Crippen molar-refractivity contribution in [3.8, 4) is 0 Å². The van der Waals surface area contributed by atoms with Crippen molar-refractivity contribution in [3.63, 3.8) is 0 Å². The summed E-state index contributed by atoms with van der Waals surface area (Å²) in [6.07, 6.45) is 4.18. The molecule has 0 fully saturated rings. The van der Waals surface area contributed by atoms with Crippen LogP contribution in [-0.4, -0.2) is 94.2 Å². The van der Waals surface area contributed by atoms with Gasteiger partial charge in [0, 0.05) is 30.1 Å². The molecular weight excluding hydrogens is 540 g/mol. The summed E-state index contributed by atoms with van der Waals surface area (Å²) in [4.78, 5) is 57.9. The Bertz CT molecular complexity index is 1190. The van der Waals surface area contributed by atoms with Crippen molar-refractivity contribution < 1.29 is 29.4 Å². The molecule has 0 spiro atoms. The van der Waals surface area contributed by atoms with Crippen LogP contribution in [0.3, 0.4) is 0 Å². The Kier molecular flexibility index (Phi) is 13.2. The molecule has 0 bridgehead atoms. The van der Waals surface area contributed by atoms with Gasteiger partial charge in [0.1, 0.15) is 24.2 Å². The molecule has 1 aromatic heterocycles. The minimum Gasteiger partial charge on any atom is -0.480 e. The number of carbonyl (C=O) groups excluding carboxylic acids is 3. The molecule has 4 atom stereocenters. The van der Waals surface area contributed by atoms with Crippen LogP contribution in [-0.2, 0) is 25.6 Å². The summed E-state index contributed by atoms with van der Waals surface area (Å²) in [6.45, 7) is -0.449. The topological polar surface area (TPSA) is 251 Å². The molecule has 0 aliphatic carbocycles. The van der Waals surface area contributed by atoms with E-state index in [1.165, 1.54) is 11.8 Å². The fraction of sp³-hybridized carbons (Fsp3) is 0.480. The minimum absolute atomic E-state index is 0.0429. The lowest BCUT2D eigenvalue weighted by Gasteiger charge is -2.25. The maximum atomic E-state index is 13.4. The minimum atomic E-state index is -1.26. The highest BCUT2D eigenvalue weighted by molar-refractivity contribution is 7.98. The molecule has 2 rings (SSSR count). The molecule has 4 unspecified atom stereocenters. The molecule has 0 saturated carbocycles. The van der Waals surface area contributed by atoms with Crippen LogP contribution in [0.25, 0.3) is 10.9 Å². The number of nitrogens with one attached hydrogen (secondary N) is 4. The summed E-state index contributed by atoms with van der Waals surface area (Å²) in [6, 6.07) is 2.69. The second-order valence-corrected chi connectivity index (χ2v) is 10.1. The van der Waals surface area contributed by atoms with E-state index in [4.69, 9.17) is 17.2 Å². The van der Waals surface area contributed by atoms with Crippen molar-refractivity contribution in [2.45, 2.75) is 49.9 Å². The third-order valence-electron chi connectivity index (χ3n) is 6.07. The quantitative estimate of drug-likeness (QED) is 0.0589. The normalized spacial score (nSPS) is 14.0. The fourth-order valence-electron chi connectivity index (χ4n) is 3.90. The van der Waals surface area contributed by atoms with Crippen LogP contribution in [0.5, 0.6) is 0 Å². The third kappa shape index (κ3) is 10.1. The number of nitrogens with two attached hydrogens (primary N) is 3. The predicted molar refractivity (Wildman–Crippen MR) is 153 cm³/mol. The van der Waals surface area contributed by atoms with E-state index in [1.54, 1.807) is 6.20 Å². The Labute approximate surface area is 235 Å². The summed E-state index contributed by atoms with van der Waals surface area (Å²) in [7, 11) is 0. The molecule has 3 amide bonds. The molecule has 1 heterocycles. The number of aromatic nitrogens is 1. The average molecular weight is 579 g/mol. The Balaban J connectivity index is 2.31. The highest BCUT2D eigenvalue weighted by Gasteiger charge is 2.30. The summed E-state index contributed by atoms with van der Waals surface area (Å²) < 4.78 is 0. The summed E-state index contributed by atoms with van der Waals surface area (Å²) in [5.41, 5.74) is 17.8. The van der Waals surface area contributed by atoms with Gasteiger partial charge in [-0.25, -0.2) is 4.79 Å². The van der Waals surface area contributed by atoms with Gasteiger partial charge in [-0.1, -0.05) is 18.2 Å². The van der Waals surface area contributed by atoms with Crippen molar-refractivity contribution in [3.05, 3.63) is 36.0 Å². The number of fused-ring (bicyclic) bond motifs is 1. The van der Waals surface area contributed by atoms with Crippen LogP contribution < -0.4 is 33.2 Å². The molecule has 1 aromatic carbocycles. The molecule has 0 aliphatic rings. The number of aliphatic hydroxyl groups is 1. The van der Waals surface area contributed by atoms with Gasteiger partial charge in [-0.2, -0.15) is 11.8 Å². The molecule has 14 nitrogen and oxygen atoms in total. The van der Waals surface area contributed by atoms with Crippen LogP contribution in [0.4, 0.5) is 0 Å². The molecule has 0 saturated heterocycles. The first-order valence-corrected chi connectivity index (χ1v) is 14.1. The van der Waals surface area contributed by atoms with Gasteiger partial charge >= 0.3 is 5.97 Å². The second kappa shape index (κ2) is 16.3. The highest BCUT2D eigenvalue weighted by Crippen LogP contribution is 2.19. The molecule has 0 aliphatic heterocycles. The number of carboxylic acid groups (broad SMARTS) is 1. The van der Waals surface area contributed by atoms with Crippen molar-refractivity contribution in [1.82, 2.24) is 20.9 Å². The smallest absolute Gasteiger partial charge is 0.326 e. The molecule has 40 heavy (non-hydrogen) atoms. The molecule has 220 valence electrons. The van der Waals surface area contributed by atoms with Gasteiger partial charge in [-0.15, -0.1) is 0 Å². The second-order valence-electron chi connectivity index (χ2n) is 9.10. The van der Waals surface area contributed by atoms with Gasteiger partial charge in [-0.3, -0.25) is 19.4 Å². The van der Waals surface area contributed by atoms with Crippen LogP contribution >= 0.6 is 11.8 Å². The number of amides is 3. The predicted octanol–water partition coefficient (Wildman–Crippen LogP) is -1.62. The average Bonchev–Trinajstić information content (AvgIpc) is 3.33. The number of hydrogen-bond acceptors (Lipinski definition) is 8. The van der Waals surface area contributed by atoms with E-state index < -0.39 is 54.5 Å². The first kappa shape index (κ1) is 32.4. The van der Waals surface area contributed by atoms with E-state index in [-0.39, 0.29) is 31.8 Å². The molecular formula is C25H38N8O6S. The number of carboxylic acids is 1. The monoisotopic (exact) mass is 578 g/mol. The largest absolute Gasteiger partial charge is 0.480 e. The fourth-order valence-corrected chi connectivity index (χ4v) is 4.37. The Hall–Kier alpha value is -3.82. The van der Waals surface area contributed by atoms with Gasteiger partial charge in [0.25, 0.3) is 0 Å². The zero-order chi connectivity index (χ0) is 29.7. The number of para-hydroxylation sites is 1. The van der Waals surface area contributed by atoms with Gasteiger partial charge in [-0.05, 0) is 42.9 Å². The third-order valence-corrected chi connectivity index (χ3v) is 6.71. The van der Waals surface area contributed by atoms with Crippen molar-refractivity contribution in [1.29, 1.82) is 0 Å². The van der Waals surface area contributed by atoms with Crippen molar-refractivity contribution in [2.24, 2.45) is 22.2 Å². The SMILES string of the molecule is CSCCC(NC(=O)C(Cc1c[nH]c2ccccc12)NC(=O)C(CCCN=C(N)N)NC(=O)C(N)CO)C(=O)O. The van der Waals surface area contributed by atoms with E-state index in [1.807, 2.05) is 30.5 Å². The lowest BCUT2D eigenvalue weighted by atomic mass is 10.0. The van der Waals surface area contributed by atoms with Crippen LogP contribution in [0, 0.1) is 0 Å². The van der Waals surface area contributed by atoms with Crippen molar-refractivity contribution >= 4 is 52.3 Å². The van der Waals surface area contributed by atoms with Crippen LogP contribution in [0.2, 0.25) is 0 Å². The van der Waals surface area contributed by atoms with Crippen LogP contribution in [0.1, 0.15) is 24.8 Å². The van der Waals surface area contributed by atoms with Gasteiger partial charge < -0.3 is 48.3 Å². The summed E-state index contributed by atoms with van der Waals surface area (Å²) in [5, 5.41) is 27.4. The Morgan fingerprint density at radius 1 is 1.00 bits per heavy atom. The Morgan fingerprint density at radius 2 is 1.65 bits per heavy atom. The zero-order valence-electron chi connectivity index (χ0n) is 22.3. The first-order valence-electron chi connectivity index (χ1n) is 12.7. The number of guanidine groups is 1. The number of thioether (sulfide) groups is 1. The van der Waals surface area contributed by atoms with E-state index in [0.717, 1.165) is 16.5 Å². The number of aromatic amines is 1. The van der Waals surface area contributed by atoms with Crippen molar-refractivity contribution in [2.75, 3.05) is 25.2 Å². The van der Waals surface area contributed by atoms with Gasteiger partial charge in [0.15, 0.2) is 5.96 Å². The van der Waals surface area contributed by atoms with E-state index in [0.29, 0.717) is 12.2 Å². The number of aliphatic hydroxyl groups excluding tert-OH is 1. The lowest BCUT2D eigenvalue weighted by molar-refractivity contribution is -0.142. The van der Waals surface area contributed by atoms with Gasteiger partial charge in [0.2, 0.25) is 17.7 Å². The molecule has 2 aromatic rings. The van der Waals surface area contributed by atoms with E-state index >= 15 is 0 Å². The van der Waals surface area contributed by atoms with E-state index in [2.05, 4.69) is 25.9 Å². The number of H-pyrrole nitrogens is 1. The lowest BCUT2D eigenvalue weighted by Crippen LogP contribution is -2.58. The molecule has 15 heteroatoms.